The Morgan fingerprint density at radius 1 is 0.938 bits per heavy atom. The molecule has 0 aliphatic heterocycles. The Hall–Kier alpha value is -3.23. The molecule has 0 saturated carbocycles. The second-order valence-electron chi connectivity index (χ2n) is 7.47. The van der Waals surface area contributed by atoms with Crippen LogP contribution in [0.25, 0.3) is 0 Å². The van der Waals surface area contributed by atoms with Crippen LogP contribution in [0.2, 0.25) is 0 Å². The molecule has 3 aromatic rings. The van der Waals surface area contributed by atoms with Crippen molar-refractivity contribution < 1.29 is 17.6 Å². The van der Waals surface area contributed by atoms with Crippen LogP contribution in [0.3, 0.4) is 0 Å². The normalized spacial score (nSPS) is 11.3. The molecule has 0 fully saturated rings. The van der Waals surface area contributed by atoms with Gasteiger partial charge in [0, 0.05) is 24.3 Å². The molecule has 3 aromatic carbocycles. The minimum atomic E-state index is -3.83. The van der Waals surface area contributed by atoms with Gasteiger partial charge in [0.15, 0.2) is 0 Å². The zero-order valence-corrected chi connectivity index (χ0v) is 18.6. The Morgan fingerprint density at radius 2 is 1.59 bits per heavy atom. The van der Waals surface area contributed by atoms with Crippen molar-refractivity contribution in [2.24, 2.45) is 0 Å². The molecule has 32 heavy (non-hydrogen) atoms. The molecule has 0 aliphatic carbocycles. The SMILES string of the molecule is CN(CCCNC(=O)c1ccc(S(=O)(=O)Nc2ccc(F)cc2)cc1)Cc1ccccc1. The Bertz CT molecular complexity index is 1120. The maximum Gasteiger partial charge on any atom is 0.261 e. The molecule has 6 nitrogen and oxygen atoms in total. The molecular weight excluding hydrogens is 429 g/mol. The fourth-order valence-corrected chi connectivity index (χ4v) is 4.20. The van der Waals surface area contributed by atoms with Gasteiger partial charge in [-0.05, 0) is 74.1 Å². The van der Waals surface area contributed by atoms with Gasteiger partial charge in [-0.2, -0.15) is 0 Å². The van der Waals surface area contributed by atoms with Crippen molar-refractivity contribution in [3.05, 3.63) is 95.8 Å². The summed E-state index contributed by atoms with van der Waals surface area (Å²) in [7, 11) is -1.80. The lowest BCUT2D eigenvalue weighted by Crippen LogP contribution is -2.28. The van der Waals surface area contributed by atoms with Crippen LogP contribution in [-0.4, -0.2) is 39.4 Å². The molecule has 2 N–H and O–H groups in total. The van der Waals surface area contributed by atoms with Crippen molar-refractivity contribution in [3.8, 4) is 0 Å². The summed E-state index contributed by atoms with van der Waals surface area (Å²) in [6, 6.07) is 20.9. The van der Waals surface area contributed by atoms with Gasteiger partial charge in [-0.1, -0.05) is 30.3 Å². The second kappa shape index (κ2) is 10.9. The predicted octanol–water partition coefficient (Wildman–Crippen LogP) is 3.88. The summed E-state index contributed by atoms with van der Waals surface area (Å²) in [5.74, 6) is -0.711. The quantitative estimate of drug-likeness (QED) is 0.455. The first-order valence-corrected chi connectivity index (χ1v) is 11.7. The summed E-state index contributed by atoms with van der Waals surface area (Å²) in [6.45, 7) is 2.20. The van der Waals surface area contributed by atoms with Crippen molar-refractivity contribution >= 4 is 21.6 Å². The van der Waals surface area contributed by atoms with Gasteiger partial charge >= 0.3 is 0 Å². The molecule has 0 unspecified atom stereocenters. The molecular formula is C24H26FN3O3S. The van der Waals surface area contributed by atoms with E-state index in [4.69, 9.17) is 0 Å². The third kappa shape index (κ3) is 6.90. The van der Waals surface area contributed by atoms with Gasteiger partial charge in [-0.15, -0.1) is 0 Å². The zero-order chi connectivity index (χ0) is 23.0. The van der Waals surface area contributed by atoms with E-state index in [9.17, 15) is 17.6 Å². The maximum atomic E-state index is 13.0. The van der Waals surface area contributed by atoms with Crippen molar-refractivity contribution in [1.82, 2.24) is 10.2 Å². The van der Waals surface area contributed by atoms with E-state index in [1.807, 2.05) is 25.2 Å². The lowest BCUT2D eigenvalue weighted by atomic mass is 10.2. The van der Waals surface area contributed by atoms with Crippen molar-refractivity contribution in [2.45, 2.75) is 17.9 Å². The highest BCUT2D eigenvalue weighted by atomic mass is 32.2. The average molecular weight is 456 g/mol. The number of hydrogen-bond acceptors (Lipinski definition) is 4. The molecule has 0 aliphatic rings. The van der Waals surface area contributed by atoms with Crippen molar-refractivity contribution in [3.63, 3.8) is 0 Å². The van der Waals surface area contributed by atoms with Gasteiger partial charge in [-0.3, -0.25) is 9.52 Å². The molecule has 0 aromatic heterocycles. The first-order chi connectivity index (χ1) is 15.3. The molecule has 0 saturated heterocycles. The van der Waals surface area contributed by atoms with Gasteiger partial charge in [0.1, 0.15) is 5.82 Å². The number of anilines is 1. The summed E-state index contributed by atoms with van der Waals surface area (Å²) in [6.07, 6.45) is 0.795. The van der Waals surface area contributed by atoms with E-state index in [-0.39, 0.29) is 16.5 Å². The first kappa shape index (κ1) is 23.4. The van der Waals surface area contributed by atoms with Crippen LogP contribution in [0.5, 0.6) is 0 Å². The van der Waals surface area contributed by atoms with Gasteiger partial charge in [0.25, 0.3) is 15.9 Å². The lowest BCUT2D eigenvalue weighted by molar-refractivity contribution is 0.0951. The fourth-order valence-electron chi connectivity index (χ4n) is 3.14. The summed E-state index contributed by atoms with van der Waals surface area (Å²) in [5, 5.41) is 2.86. The predicted molar refractivity (Wildman–Crippen MR) is 123 cm³/mol. The van der Waals surface area contributed by atoms with Gasteiger partial charge in [0.2, 0.25) is 0 Å². The minimum absolute atomic E-state index is 0.0147. The minimum Gasteiger partial charge on any atom is -0.352 e. The molecule has 1 amide bonds. The zero-order valence-electron chi connectivity index (χ0n) is 17.8. The number of hydrogen-bond donors (Lipinski definition) is 2. The van der Waals surface area contributed by atoms with Gasteiger partial charge in [-0.25, -0.2) is 12.8 Å². The fraction of sp³-hybridized carbons (Fsp3) is 0.208. The van der Waals surface area contributed by atoms with Crippen molar-refractivity contribution in [1.29, 1.82) is 0 Å². The number of nitrogens with zero attached hydrogens (tertiary/aromatic N) is 1. The van der Waals surface area contributed by atoms with E-state index < -0.39 is 15.8 Å². The molecule has 3 rings (SSSR count). The molecule has 0 bridgehead atoms. The highest BCUT2D eigenvalue weighted by Crippen LogP contribution is 2.17. The monoisotopic (exact) mass is 455 g/mol. The number of nitrogens with one attached hydrogen (secondary N) is 2. The van der Waals surface area contributed by atoms with Crippen LogP contribution in [0.1, 0.15) is 22.3 Å². The summed E-state index contributed by atoms with van der Waals surface area (Å²) in [4.78, 5) is 14.5. The van der Waals surface area contributed by atoms with Crippen LogP contribution in [-0.2, 0) is 16.6 Å². The Morgan fingerprint density at radius 3 is 2.25 bits per heavy atom. The van der Waals surface area contributed by atoms with Crippen molar-refractivity contribution in [2.75, 3.05) is 24.9 Å². The largest absolute Gasteiger partial charge is 0.352 e. The maximum absolute atomic E-state index is 13.0. The number of rotatable bonds is 10. The highest BCUT2D eigenvalue weighted by molar-refractivity contribution is 7.92. The molecule has 0 heterocycles. The molecule has 8 heteroatoms. The smallest absolute Gasteiger partial charge is 0.261 e. The van der Waals surface area contributed by atoms with Crippen LogP contribution < -0.4 is 10.0 Å². The van der Waals surface area contributed by atoms with E-state index in [1.54, 1.807) is 0 Å². The van der Waals surface area contributed by atoms with E-state index in [0.29, 0.717) is 12.1 Å². The Balaban J connectivity index is 1.46. The van der Waals surface area contributed by atoms with E-state index in [0.717, 1.165) is 19.5 Å². The average Bonchev–Trinajstić information content (AvgIpc) is 2.79. The number of benzene rings is 3. The number of carbonyl (C=O) groups is 1. The second-order valence-corrected chi connectivity index (χ2v) is 9.15. The molecule has 168 valence electrons. The highest BCUT2D eigenvalue weighted by Gasteiger charge is 2.15. The van der Waals surface area contributed by atoms with Crippen LogP contribution >= 0.6 is 0 Å². The van der Waals surface area contributed by atoms with Crippen LogP contribution in [0.4, 0.5) is 10.1 Å². The number of amides is 1. The van der Waals surface area contributed by atoms with Gasteiger partial charge in [0.05, 0.1) is 4.90 Å². The summed E-state index contributed by atoms with van der Waals surface area (Å²) < 4.78 is 40.3. The van der Waals surface area contributed by atoms with Gasteiger partial charge < -0.3 is 10.2 Å². The number of carbonyl (C=O) groups excluding carboxylic acids is 1. The Labute approximate surface area is 188 Å². The molecule has 0 radical (unpaired) electrons. The molecule has 0 atom stereocenters. The third-order valence-electron chi connectivity index (χ3n) is 4.82. The third-order valence-corrected chi connectivity index (χ3v) is 6.22. The van der Waals surface area contributed by atoms with Crippen LogP contribution in [0, 0.1) is 5.82 Å². The lowest BCUT2D eigenvalue weighted by Gasteiger charge is -2.16. The number of sulfonamides is 1. The first-order valence-electron chi connectivity index (χ1n) is 10.2. The summed E-state index contributed by atoms with van der Waals surface area (Å²) in [5.41, 5.74) is 1.87. The standard InChI is InChI=1S/C24H26FN3O3S/c1-28(18-19-6-3-2-4-7-19)17-5-16-26-24(29)20-8-14-23(15-9-20)32(30,31)27-22-12-10-21(25)11-13-22/h2-4,6-15,27H,5,16-18H2,1H3,(H,26,29). The van der Waals surface area contributed by atoms with Crippen LogP contribution in [0.15, 0.2) is 83.8 Å². The summed E-state index contributed by atoms with van der Waals surface area (Å²) >= 11 is 0. The number of halogens is 1. The van der Waals surface area contributed by atoms with E-state index >= 15 is 0 Å². The topological polar surface area (TPSA) is 78.5 Å². The Kier molecular flexibility index (Phi) is 7.97. The van der Waals surface area contributed by atoms with E-state index in [2.05, 4.69) is 27.1 Å². The molecule has 0 spiro atoms. The van der Waals surface area contributed by atoms with E-state index in [1.165, 1.54) is 54.1 Å².